The van der Waals surface area contributed by atoms with Crippen molar-refractivity contribution in [2.24, 2.45) is 0 Å². The highest BCUT2D eigenvalue weighted by Crippen LogP contribution is 2.22. The molecule has 1 fully saturated rings. The molecule has 1 aliphatic heterocycles. The fourth-order valence-corrected chi connectivity index (χ4v) is 3.09. The zero-order chi connectivity index (χ0) is 17.3. The molecule has 2 aromatic heterocycles. The molecule has 0 aliphatic carbocycles. The third-order valence-electron chi connectivity index (χ3n) is 4.17. The lowest BCUT2D eigenvalue weighted by atomic mass is 10.1. The van der Waals surface area contributed by atoms with Gasteiger partial charge in [0.05, 0.1) is 12.2 Å². The maximum absolute atomic E-state index is 12.4. The minimum atomic E-state index is -0.367. The predicted molar refractivity (Wildman–Crippen MR) is 88.1 cm³/mol. The van der Waals surface area contributed by atoms with Crippen molar-refractivity contribution in [3.05, 3.63) is 34.6 Å². The molecule has 1 atom stereocenters. The van der Waals surface area contributed by atoms with Gasteiger partial charge in [-0.15, -0.1) is 0 Å². The average Bonchev–Trinajstić information content (AvgIpc) is 2.85. The Morgan fingerprint density at radius 2 is 2.08 bits per heavy atom. The van der Waals surface area contributed by atoms with Crippen LogP contribution in [0.4, 0.5) is 5.82 Å². The Hall–Kier alpha value is -2.44. The Balaban J connectivity index is 1.71. The number of esters is 1. The molecule has 2 aromatic rings. The van der Waals surface area contributed by atoms with Gasteiger partial charge in [0.2, 0.25) is 0 Å². The van der Waals surface area contributed by atoms with Crippen LogP contribution >= 0.6 is 0 Å². The lowest BCUT2D eigenvalue weighted by molar-refractivity contribution is 0.0266. The van der Waals surface area contributed by atoms with Crippen LogP contribution in [-0.2, 0) is 4.74 Å². The Kier molecular flexibility index (Phi) is 4.51. The molecule has 0 bridgehead atoms. The van der Waals surface area contributed by atoms with Crippen LogP contribution in [0, 0.1) is 27.7 Å². The number of anilines is 1. The van der Waals surface area contributed by atoms with E-state index < -0.39 is 0 Å². The van der Waals surface area contributed by atoms with E-state index in [1.165, 1.54) is 0 Å². The first-order chi connectivity index (χ1) is 11.4. The van der Waals surface area contributed by atoms with Gasteiger partial charge >= 0.3 is 5.97 Å². The molecule has 0 aromatic carbocycles. The van der Waals surface area contributed by atoms with E-state index in [1.807, 2.05) is 19.9 Å². The van der Waals surface area contributed by atoms with Crippen LogP contribution in [0.1, 0.15) is 46.2 Å². The first kappa shape index (κ1) is 16.4. The number of nitrogens with zero attached hydrogens (tertiary/aromatic N) is 4. The van der Waals surface area contributed by atoms with Gasteiger partial charge in [-0.25, -0.2) is 14.8 Å². The summed E-state index contributed by atoms with van der Waals surface area (Å²) in [6.45, 7) is 8.83. The molecule has 3 rings (SSSR count). The Morgan fingerprint density at radius 3 is 2.75 bits per heavy atom. The second-order valence-electron chi connectivity index (χ2n) is 6.23. The number of hydrogen-bond acceptors (Lipinski definition) is 7. The second-order valence-corrected chi connectivity index (χ2v) is 6.23. The molecule has 24 heavy (non-hydrogen) atoms. The summed E-state index contributed by atoms with van der Waals surface area (Å²) >= 11 is 0. The Bertz CT molecular complexity index is 717. The number of rotatable bonds is 3. The molecule has 0 radical (unpaired) electrons. The van der Waals surface area contributed by atoms with Gasteiger partial charge < -0.3 is 14.2 Å². The lowest BCUT2D eigenvalue weighted by Gasteiger charge is -2.33. The molecule has 7 nitrogen and oxygen atoms in total. The van der Waals surface area contributed by atoms with Crippen molar-refractivity contribution in [3.8, 4) is 0 Å². The van der Waals surface area contributed by atoms with Crippen LogP contribution in [0.5, 0.6) is 0 Å². The summed E-state index contributed by atoms with van der Waals surface area (Å²) in [5, 5.41) is 3.81. The van der Waals surface area contributed by atoms with E-state index in [0.29, 0.717) is 23.6 Å². The maximum Gasteiger partial charge on any atom is 0.344 e. The quantitative estimate of drug-likeness (QED) is 0.800. The third kappa shape index (κ3) is 3.39. The van der Waals surface area contributed by atoms with Crippen molar-refractivity contribution >= 4 is 11.8 Å². The largest absolute Gasteiger partial charge is 0.457 e. The Morgan fingerprint density at radius 1 is 1.29 bits per heavy atom. The number of hydrogen-bond donors (Lipinski definition) is 0. The lowest BCUT2D eigenvalue weighted by Crippen LogP contribution is -2.41. The molecule has 1 saturated heterocycles. The highest BCUT2D eigenvalue weighted by molar-refractivity contribution is 5.91. The predicted octanol–water partition coefficient (Wildman–Crippen LogP) is 2.52. The van der Waals surface area contributed by atoms with E-state index in [9.17, 15) is 4.79 Å². The van der Waals surface area contributed by atoms with Crippen molar-refractivity contribution in [3.63, 3.8) is 0 Å². The molecule has 7 heteroatoms. The van der Waals surface area contributed by atoms with Gasteiger partial charge in [0.1, 0.15) is 29.1 Å². The van der Waals surface area contributed by atoms with Gasteiger partial charge in [-0.3, -0.25) is 0 Å². The maximum atomic E-state index is 12.4. The summed E-state index contributed by atoms with van der Waals surface area (Å²) in [4.78, 5) is 23.4. The van der Waals surface area contributed by atoms with Crippen molar-refractivity contribution < 1.29 is 14.1 Å². The highest BCUT2D eigenvalue weighted by atomic mass is 16.5. The van der Waals surface area contributed by atoms with Gasteiger partial charge in [-0.05, 0) is 40.5 Å². The highest BCUT2D eigenvalue weighted by Gasteiger charge is 2.27. The fraction of sp³-hybridized carbons (Fsp3) is 0.529. The van der Waals surface area contributed by atoms with Gasteiger partial charge in [-0.1, -0.05) is 5.16 Å². The molecule has 0 amide bonds. The number of ether oxygens (including phenoxy) is 1. The zero-order valence-electron chi connectivity index (χ0n) is 14.5. The number of piperidine rings is 1. The summed E-state index contributed by atoms with van der Waals surface area (Å²) in [6, 6.07) is 1.96. The summed E-state index contributed by atoms with van der Waals surface area (Å²) in [7, 11) is 0. The molecule has 1 aliphatic rings. The smallest absolute Gasteiger partial charge is 0.344 e. The first-order valence-corrected chi connectivity index (χ1v) is 8.15. The summed E-state index contributed by atoms with van der Waals surface area (Å²) in [5.74, 6) is 1.76. The standard InChI is InChI=1S/C17H22N4O3/c1-10-8-15(19-13(4)18-10)21-7-5-6-14(9-21)23-17(22)16-11(2)20-24-12(16)3/h8,14H,5-7,9H2,1-4H3. The number of carbonyl (C=O) groups is 1. The molecular formula is C17H22N4O3. The van der Waals surface area contributed by atoms with E-state index >= 15 is 0 Å². The number of carbonyl (C=O) groups excluding carboxylic acids is 1. The van der Waals surface area contributed by atoms with Crippen LogP contribution in [0.3, 0.4) is 0 Å². The van der Waals surface area contributed by atoms with Crippen LogP contribution in [0.25, 0.3) is 0 Å². The summed E-state index contributed by atoms with van der Waals surface area (Å²) in [5.41, 5.74) is 1.93. The van der Waals surface area contributed by atoms with E-state index in [-0.39, 0.29) is 12.1 Å². The molecule has 128 valence electrons. The number of aryl methyl sites for hydroxylation is 4. The van der Waals surface area contributed by atoms with Gasteiger partial charge in [0, 0.05) is 18.3 Å². The van der Waals surface area contributed by atoms with Gasteiger partial charge in [-0.2, -0.15) is 0 Å². The zero-order valence-corrected chi connectivity index (χ0v) is 14.5. The van der Waals surface area contributed by atoms with E-state index in [2.05, 4.69) is 20.0 Å². The van der Waals surface area contributed by atoms with Gasteiger partial charge in [0.15, 0.2) is 0 Å². The van der Waals surface area contributed by atoms with Crippen LogP contribution < -0.4 is 4.90 Å². The Labute approximate surface area is 141 Å². The molecular weight excluding hydrogens is 308 g/mol. The summed E-state index contributed by atoms with van der Waals surface area (Å²) < 4.78 is 10.7. The monoisotopic (exact) mass is 330 g/mol. The number of aromatic nitrogens is 3. The van der Waals surface area contributed by atoms with E-state index in [0.717, 1.165) is 36.7 Å². The molecule has 1 unspecified atom stereocenters. The topological polar surface area (TPSA) is 81.4 Å². The average molecular weight is 330 g/mol. The van der Waals surface area contributed by atoms with Crippen molar-refractivity contribution in [2.75, 3.05) is 18.0 Å². The van der Waals surface area contributed by atoms with Crippen molar-refractivity contribution in [1.29, 1.82) is 0 Å². The van der Waals surface area contributed by atoms with Gasteiger partial charge in [0.25, 0.3) is 0 Å². The molecule has 0 saturated carbocycles. The fourth-order valence-electron chi connectivity index (χ4n) is 3.09. The SMILES string of the molecule is Cc1cc(N2CCCC(OC(=O)c3c(C)noc3C)C2)nc(C)n1. The summed E-state index contributed by atoms with van der Waals surface area (Å²) in [6.07, 6.45) is 1.62. The van der Waals surface area contributed by atoms with Crippen molar-refractivity contribution in [2.45, 2.75) is 46.6 Å². The molecule has 3 heterocycles. The normalized spacial score (nSPS) is 17.8. The van der Waals surface area contributed by atoms with E-state index in [4.69, 9.17) is 9.26 Å². The van der Waals surface area contributed by atoms with Crippen LogP contribution in [0.15, 0.2) is 10.6 Å². The minimum Gasteiger partial charge on any atom is -0.457 e. The van der Waals surface area contributed by atoms with Crippen molar-refractivity contribution in [1.82, 2.24) is 15.1 Å². The molecule has 0 N–H and O–H groups in total. The van der Waals surface area contributed by atoms with E-state index in [1.54, 1.807) is 13.8 Å². The molecule has 0 spiro atoms. The van der Waals surface area contributed by atoms with Crippen LogP contribution in [0.2, 0.25) is 0 Å². The second kappa shape index (κ2) is 6.59. The minimum absolute atomic E-state index is 0.171. The van der Waals surface area contributed by atoms with Crippen LogP contribution in [-0.4, -0.2) is 40.3 Å². The first-order valence-electron chi connectivity index (χ1n) is 8.15. The third-order valence-corrected chi connectivity index (χ3v) is 4.17.